The third-order valence-electron chi connectivity index (χ3n) is 4.85. The first-order chi connectivity index (χ1) is 14.4. The van der Waals surface area contributed by atoms with Crippen LogP contribution < -0.4 is 10.2 Å². The Labute approximate surface area is 174 Å². The summed E-state index contributed by atoms with van der Waals surface area (Å²) in [5.74, 6) is -0.769. The van der Waals surface area contributed by atoms with Gasteiger partial charge in [0.25, 0.3) is 5.91 Å². The number of nitrogens with zero attached hydrogens (tertiary/aromatic N) is 3. The lowest BCUT2D eigenvalue weighted by atomic mass is 10.1. The van der Waals surface area contributed by atoms with Crippen LogP contribution in [-0.4, -0.2) is 28.8 Å². The van der Waals surface area contributed by atoms with Crippen LogP contribution in [0.2, 0.25) is 0 Å². The molecule has 30 heavy (non-hydrogen) atoms. The predicted octanol–water partition coefficient (Wildman–Crippen LogP) is 3.89. The Kier molecular flexibility index (Phi) is 6.51. The zero-order valence-electron chi connectivity index (χ0n) is 17.1. The summed E-state index contributed by atoms with van der Waals surface area (Å²) in [6.45, 7) is 3.78. The third kappa shape index (κ3) is 4.86. The van der Waals surface area contributed by atoms with Crippen LogP contribution >= 0.6 is 0 Å². The van der Waals surface area contributed by atoms with Crippen molar-refractivity contribution in [1.82, 2.24) is 15.3 Å². The van der Waals surface area contributed by atoms with Gasteiger partial charge in [0, 0.05) is 43.2 Å². The van der Waals surface area contributed by atoms with Crippen molar-refractivity contribution in [3.05, 3.63) is 77.5 Å². The lowest BCUT2D eigenvalue weighted by molar-refractivity contribution is -0.118. The molecule has 1 N–H and O–H groups in total. The molecule has 1 aromatic carbocycles. The molecule has 0 aliphatic heterocycles. The zero-order chi connectivity index (χ0) is 21.7. The Hall–Kier alpha value is -3.61. The van der Waals surface area contributed by atoms with Gasteiger partial charge >= 0.3 is 0 Å². The summed E-state index contributed by atoms with van der Waals surface area (Å²) in [5, 5.41) is 2.79. The molecular weight excluding hydrogens is 383 g/mol. The molecule has 3 aromatic rings. The molecule has 0 bridgehead atoms. The molecule has 0 spiro atoms. The Morgan fingerprint density at radius 1 is 1.07 bits per heavy atom. The number of hydrogen-bond acceptors (Lipinski definition) is 4. The first kappa shape index (κ1) is 21.1. The number of rotatable bonds is 6. The second kappa shape index (κ2) is 9.26. The smallest absolute Gasteiger partial charge is 0.253 e. The molecule has 0 saturated heterocycles. The van der Waals surface area contributed by atoms with Crippen molar-refractivity contribution in [1.29, 1.82) is 0 Å². The van der Waals surface area contributed by atoms with E-state index in [4.69, 9.17) is 0 Å². The molecule has 6 nitrogen and oxygen atoms in total. The fourth-order valence-electron chi connectivity index (χ4n) is 2.96. The van der Waals surface area contributed by atoms with Gasteiger partial charge in [-0.3, -0.25) is 14.6 Å². The van der Waals surface area contributed by atoms with E-state index in [9.17, 15) is 14.0 Å². The molecule has 0 fully saturated rings. The van der Waals surface area contributed by atoms with E-state index in [0.29, 0.717) is 17.7 Å². The Bertz CT molecular complexity index is 1050. The van der Waals surface area contributed by atoms with Crippen molar-refractivity contribution in [2.75, 3.05) is 11.9 Å². The van der Waals surface area contributed by atoms with Crippen LogP contribution in [0.25, 0.3) is 11.3 Å². The highest BCUT2D eigenvalue weighted by molar-refractivity contribution is 5.94. The quantitative estimate of drug-likeness (QED) is 0.630. The minimum Gasteiger partial charge on any atom is -0.348 e. The van der Waals surface area contributed by atoms with Gasteiger partial charge < -0.3 is 10.2 Å². The van der Waals surface area contributed by atoms with Gasteiger partial charge in [-0.05, 0) is 42.8 Å². The van der Waals surface area contributed by atoms with Crippen LogP contribution in [0.3, 0.4) is 0 Å². The summed E-state index contributed by atoms with van der Waals surface area (Å²) in [5.41, 5.74) is 4.14. The Balaban J connectivity index is 1.65. The molecule has 2 heterocycles. The van der Waals surface area contributed by atoms with E-state index < -0.39 is 5.95 Å². The summed E-state index contributed by atoms with van der Waals surface area (Å²) in [7, 11) is 1.75. The molecule has 7 heteroatoms. The fourth-order valence-corrected chi connectivity index (χ4v) is 2.96. The van der Waals surface area contributed by atoms with Crippen LogP contribution in [0.4, 0.5) is 10.1 Å². The summed E-state index contributed by atoms with van der Waals surface area (Å²) in [4.78, 5) is 33.9. The van der Waals surface area contributed by atoms with Crippen LogP contribution in [0, 0.1) is 12.9 Å². The second-order valence-corrected chi connectivity index (χ2v) is 6.85. The van der Waals surface area contributed by atoms with E-state index in [0.717, 1.165) is 22.5 Å². The zero-order valence-corrected chi connectivity index (χ0v) is 17.1. The lowest BCUT2D eigenvalue weighted by Gasteiger charge is -2.16. The average molecular weight is 406 g/mol. The van der Waals surface area contributed by atoms with Gasteiger partial charge in [0.1, 0.15) is 0 Å². The third-order valence-corrected chi connectivity index (χ3v) is 4.85. The summed E-state index contributed by atoms with van der Waals surface area (Å²) < 4.78 is 13.1. The van der Waals surface area contributed by atoms with Gasteiger partial charge in [-0.1, -0.05) is 25.1 Å². The molecule has 0 aliphatic carbocycles. The van der Waals surface area contributed by atoms with Crippen molar-refractivity contribution in [2.24, 2.45) is 0 Å². The maximum absolute atomic E-state index is 13.1. The average Bonchev–Trinajstić information content (AvgIpc) is 2.77. The number of benzene rings is 1. The number of carbonyl (C=O) groups is 2. The highest BCUT2D eigenvalue weighted by Crippen LogP contribution is 2.22. The number of pyridine rings is 2. The maximum Gasteiger partial charge on any atom is 0.253 e. The number of amides is 2. The van der Waals surface area contributed by atoms with E-state index in [-0.39, 0.29) is 18.4 Å². The molecule has 2 aromatic heterocycles. The molecule has 0 aliphatic rings. The number of halogens is 1. The molecule has 0 atom stereocenters. The molecule has 0 unspecified atom stereocenters. The number of hydrogen-bond donors (Lipinski definition) is 1. The van der Waals surface area contributed by atoms with Gasteiger partial charge in [-0.2, -0.15) is 4.39 Å². The van der Waals surface area contributed by atoms with E-state index in [1.807, 2.05) is 31.2 Å². The van der Waals surface area contributed by atoms with Gasteiger partial charge in [-0.25, -0.2) is 4.98 Å². The molecule has 0 radical (unpaired) electrons. The Morgan fingerprint density at radius 3 is 2.40 bits per heavy atom. The number of aromatic nitrogens is 2. The van der Waals surface area contributed by atoms with Crippen molar-refractivity contribution in [2.45, 2.75) is 26.8 Å². The highest BCUT2D eigenvalue weighted by atomic mass is 19.1. The van der Waals surface area contributed by atoms with E-state index >= 15 is 0 Å². The Morgan fingerprint density at radius 2 is 1.80 bits per heavy atom. The number of anilines is 1. The first-order valence-electron chi connectivity index (χ1n) is 9.62. The predicted molar refractivity (Wildman–Crippen MR) is 113 cm³/mol. The highest BCUT2D eigenvalue weighted by Gasteiger charge is 2.11. The number of aryl methyl sites for hydroxylation is 1. The molecule has 154 valence electrons. The van der Waals surface area contributed by atoms with Gasteiger partial charge in [-0.15, -0.1) is 0 Å². The number of nitrogens with one attached hydrogen (secondary N) is 1. The standard InChI is InChI=1S/C23H23FN4O2/c1-4-22(29)28(3)19-9-5-16(6-10-19)20-11-7-18(14-25-20)23(30)26-13-17-8-12-21(24)27-15(17)2/h5-12,14H,4,13H2,1-3H3,(H,26,30). The largest absolute Gasteiger partial charge is 0.348 e. The van der Waals surface area contributed by atoms with Crippen molar-refractivity contribution < 1.29 is 14.0 Å². The van der Waals surface area contributed by atoms with Crippen molar-refractivity contribution >= 4 is 17.5 Å². The van der Waals surface area contributed by atoms with Crippen molar-refractivity contribution in [3.8, 4) is 11.3 Å². The van der Waals surface area contributed by atoms with E-state index in [1.54, 1.807) is 37.1 Å². The maximum atomic E-state index is 13.1. The molecule has 3 rings (SSSR count). The molecule has 2 amide bonds. The normalized spacial score (nSPS) is 10.5. The van der Waals surface area contributed by atoms with Gasteiger partial charge in [0.05, 0.1) is 11.3 Å². The van der Waals surface area contributed by atoms with E-state index in [1.165, 1.54) is 12.3 Å². The van der Waals surface area contributed by atoms with Crippen LogP contribution in [0.5, 0.6) is 0 Å². The topological polar surface area (TPSA) is 75.2 Å². The molecular formula is C23H23FN4O2. The van der Waals surface area contributed by atoms with Crippen LogP contribution in [0.1, 0.15) is 35.0 Å². The second-order valence-electron chi connectivity index (χ2n) is 6.85. The monoisotopic (exact) mass is 406 g/mol. The first-order valence-corrected chi connectivity index (χ1v) is 9.62. The fraction of sp³-hybridized carbons (Fsp3) is 0.217. The van der Waals surface area contributed by atoms with E-state index in [2.05, 4.69) is 15.3 Å². The van der Waals surface area contributed by atoms with Crippen LogP contribution in [0.15, 0.2) is 54.7 Å². The SMILES string of the molecule is CCC(=O)N(C)c1ccc(-c2ccc(C(=O)NCc3ccc(F)nc3C)cn2)cc1. The lowest BCUT2D eigenvalue weighted by Crippen LogP contribution is -2.24. The summed E-state index contributed by atoms with van der Waals surface area (Å²) in [6, 6.07) is 13.9. The minimum absolute atomic E-state index is 0.0443. The summed E-state index contributed by atoms with van der Waals surface area (Å²) >= 11 is 0. The van der Waals surface area contributed by atoms with Gasteiger partial charge in [0.2, 0.25) is 11.9 Å². The minimum atomic E-state index is -0.543. The number of carbonyl (C=O) groups excluding carboxylic acids is 2. The van der Waals surface area contributed by atoms with Gasteiger partial charge in [0.15, 0.2) is 0 Å². The van der Waals surface area contributed by atoms with Crippen molar-refractivity contribution in [3.63, 3.8) is 0 Å². The molecule has 0 saturated carbocycles. The summed E-state index contributed by atoms with van der Waals surface area (Å²) in [6.07, 6.45) is 1.96. The van der Waals surface area contributed by atoms with Crippen LogP contribution in [-0.2, 0) is 11.3 Å².